The number of benzene rings is 7. The molecule has 1 N–H and O–H groups in total. The summed E-state index contributed by atoms with van der Waals surface area (Å²) in [6.07, 6.45) is 1.53. The summed E-state index contributed by atoms with van der Waals surface area (Å²) in [7, 11) is 0. The van der Waals surface area contributed by atoms with Crippen LogP contribution in [0.15, 0.2) is 182 Å². The maximum absolute atomic E-state index is 6.82. The first-order valence-corrected chi connectivity index (χ1v) is 20.4. The quantitative estimate of drug-likeness (QED) is 0.172. The highest BCUT2D eigenvalue weighted by Gasteiger charge is 2.30. The number of rotatable bonds is 7. The lowest BCUT2D eigenvalue weighted by Gasteiger charge is -2.16. The predicted molar refractivity (Wildman–Crippen MR) is 246 cm³/mol. The van der Waals surface area contributed by atoms with Gasteiger partial charge in [0.2, 0.25) is 0 Å². The Hall–Kier alpha value is -8.03. The Balaban J connectivity index is 1.01. The van der Waals surface area contributed by atoms with Crippen molar-refractivity contribution in [2.75, 3.05) is 5.32 Å². The molecule has 61 heavy (non-hydrogen) atoms. The molecule has 1 aliphatic heterocycles. The van der Waals surface area contributed by atoms with Crippen molar-refractivity contribution >= 4 is 27.2 Å². The van der Waals surface area contributed by atoms with E-state index in [9.17, 15) is 0 Å². The number of hydrogen-bond acceptors (Lipinski definition) is 7. The van der Waals surface area contributed by atoms with E-state index in [4.69, 9.17) is 29.7 Å². The van der Waals surface area contributed by atoms with Crippen LogP contribution in [0.5, 0.6) is 5.75 Å². The fraction of sp³-hybridized carbons (Fsp3) is 0.0556. The van der Waals surface area contributed by atoms with E-state index in [1.54, 1.807) is 0 Å². The van der Waals surface area contributed by atoms with Crippen molar-refractivity contribution in [2.45, 2.75) is 20.1 Å². The summed E-state index contributed by atoms with van der Waals surface area (Å²) >= 11 is 0. The van der Waals surface area contributed by atoms with Gasteiger partial charge in [0.1, 0.15) is 0 Å². The molecule has 7 nitrogen and oxygen atoms in total. The molecular formula is C54H38N6O. The predicted octanol–water partition coefficient (Wildman–Crippen LogP) is 13.1. The van der Waals surface area contributed by atoms with Gasteiger partial charge in [-0.2, -0.15) is 0 Å². The van der Waals surface area contributed by atoms with Crippen LogP contribution in [-0.4, -0.2) is 24.9 Å². The van der Waals surface area contributed by atoms with Gasteiger partial charge in [0.25, 0.3) is 0 Å². The Kier molecular flexibility index (Phi) is 8.85. The molecule has 1 aliphatic rings. The molecule has 0 spiro atoms. The van der Waals surface area contributed by atoms with E-state index in [2.05, 4.69) is 115 Å². The van der Waals surface area contributed by atoms with Crippen molar-refractivity contribution < 1.29 is 4.74 Å². The van der Waals surface area contributed by atoms with Gasteiger partial charge >= 0.3 is 0 Å². The van der Waals surface area contributed by atoms with Crippen LogP contribution in [0.25, 0.3) is 89.2 Å². The molecule has 0 saturated heterocycles. The third kappa shape index (κ3) is 6.62. The summed E-state index contributed by atoms with van der Waals surface area (Å²) < 4.78 is 6.82. The van der Waals surface area contributed by atoms with E-state index >= 15 is 0 Å². The normalized spacial score (nSPS) is 13.2. The molecule has 11 rings (SSSR count). The first-order chi connectivity index (χ1) is 30.0. The van der Waals surface area contributed by atoms with Crippen LogP contribution in [0.4, 0.5) is 5.69 Å². The summed E-state index contributed by atoms with van der Waals surface area (Å²) in [4.78, 5) is 24.6. The van der Waals surface area contributed by atoms with Gasteiger partial charge in [-0.25, -0.2) is 15.0 Å². The molecule has 0 aliphatic carbocycles. The van der Waals surface area contributed by atoms with Gasteiger partial charge in [0, 0.05) is 50.8 Å². The van der Waals surface area contributed by atoms with Crippen molar-refractivity contribution in [2.24, 2.45) is 0 Å². The van der Waals surface area contributed by atoms with Crippen LogP contribution in [0, 0.1) is 13.8 Å². The minimum absolute atomic E-state index is 0.379. The van der Waals surface area contributed by atoms with Gasteiger partial charge < -0.3 is 10.1 Å². The second-order valence-electron chi connectivity index (χ2n) is 15.4. The number of nitrogens with zero attached hydrogens (tertiary/aromatic N) is 5. The zero-order chi connectivity index (χ0) is 40.9. The first kappa shape index (κ1) is 36.1. The molecule has 0 amide bonds. The lowest BCUT2D eigenvalue weighted by molar-refractivity contribution is 0.259. The van der Waals surface area contributed by atoms with Gasteiger partial charge in [-0.15, -0.1) is 0 Å². The maximum atomic E-state index is 6.82. The summed E-state index contributed by atoms with van der Waals surface area (Å²) in [5, 5.41) is 8.22. The van der Waals surface area contributed by atoms with E-state index in [0.29, 0.717) is 17.5 Å². The Morgan fingerprint density at radius 1 is 0.475 bits per heavy atom. The molecule has 10 aromatic rings. The molecule has 1 atom stereocenters. The highest BCUT2D eigenvalue weighted by molar-refractivity contribution is 6.06. The fourth-order valence-electron chi connectivity index (χ4n) is 8.47. The molecule has 1 unspecified atom stereocenters. The topological polar surface area (TPSA) is 85.7 Å². The second-order valence-corrected chi connectivity index (χ2v) is 15.4. The number of ether oxygens (including phenoxy) is 1. The Labute approximate surface area is 353 Å². The monoisotopic (exact) mass is 786 g/mol. The number of fused-ring (bicyclic) bond motifs is 4. The largest absolute Gasteiger partial charge is 0.464 e. The standard InChI is InChI=1S/C54H38N6O/c1-33-21-27-42(34(2)56-33)54-57-49-45-20-12-10-18-40(45)31-46(50(49)61-54)47-32-41(29-30-55-47)48-43-19-11-9-13-35(43)26-28-44(48)36-22-24-39(25-23-36)53-59-51(37-14-5-3-6-15-37)58-52(60-53)38-16-7-4-8-17-38/h3-32,54,57H,1-2H3. The second kappa shape index (κ2) is 15.0. The number of aromatic nitrogens is 5. The number of hydrogen-bond donors (Lipinski definition) is 1. The minimum atomic E-state index is -0.379. The Bertz CT molecular complexity index is 3220. The summed E-state index contributed by atoms with van der Waals surface area (Å²) in [6, 6.07) is 60.7. The smallest absolute Gasteiger partial charge is 0.198 e. The van der Waals surface area contributed by atoms with Gasteiger partial charge in [-0.1, -0.05) is 146 Å². The fourth-order valence-corrected chi connectivity index (χ4v) is 8.47. The molecular weight excluding hydrogens is 749 g/mol. The summed E-state index contributed by atoms with van der Waals surface area (Å²) in [6.45, 7) is 4.04. The van der Waals surface area contributed by atoms with Gasteiger partial charge in [-0.05, 0) is 82.6 Å². The minimum Gasteiger partial charge on any atom is -0.464 e. The molecule has 7 aromatic carbocycles. The van der Waals surface area contributed by atoms with E-state index in [-0.39, 0.29) is 6.23 Å². The third-order valence-corrected chi connectivity index (χ3v) is 11.5. The zero-order valence-corrected chi connectivity index (χ0v) is 33.5. The van der Waals surface area contributed by atoms with E-state index in [1.165, 1.54) is 0 Å². The van der Waals surface area contributed by atoms with Crippen molar-refractivity contribution in [3.63, 3.8) is 0 Å². The van der Waals surface area contributed by atoms with E-state index < -0.39 is 0 Å². The Morgan fingerprint density at radius 3 is 1.77 bits per heavy atom. The van der Waals surface area contributed by atoms with Crippen LogP contribution in [0.3, 0.4) is 0 Å². The highest BCUT2D eigenvalue weighted by Crippen LogP contribution is 2.50. The number of nitrogens with one attached hydrogen (secondary N) is 1. The SMILES string of the molecule is Cc1ccc(C2Nc3c(c(-c4cc(-c5c(-c6ccc(-c7nc(-c8ccccc8)nc(-c8ccccc8)n7)cc6)ccc6ccccc56)ccn4)cc4ccccc34)O2)c(C)n1. The molecule has 7 heteroatoms. The van der Waals surface area contributed by atoms with Crippen molar-refractivity contribution in [3.05, 3.63) is 199 Å². The van der Waals surface area contributed by atoms with Gasteiger partial charge in [0.15, 0.2) is 29.5 Å². The van der Waals surface area contributed by atoms with Crippen molar-refractivity contribution in [3.8, 4) is 73.4 Å². The average molecular weight is 787 g/mol. The first-order valence-electron chi connectivity index (χ1n) is 20.4. The zero-order valence-electron chi connectivity index (χ0n) is 33.5. The van der Waals surface area contributed by atoms with Crippen molar-refractivity contribution in [1.29, 1.82) is 0 Å². The van der Waals surface area contributed by atoms with Crippen molar-refractivity contribution in [1.82, 2.24) is 24.9 Å². The molecule has 0 saturated carbocycles. The number of anilines is 1. The summed E-state index contributed by atoms with van der Waals surface area (Å²) in [5.41, 5.74) is 12.8. The van der Waals surface area contributed by atoms with Crippen LogP contribution < -0.4 is 10.1 Å². The number of aryl methyl sites for hydroxylation is 2. The maximum Gasteiger partial charge on any atom is 0.198 e. The van der Waals surface area contributed by atoms with Crippen LogP contribution in [0.2, 0.25) is 0 Å². The lowest BCUT2D eigenvalue weighted by Crippen LogP contribution is -2.12. The van der Waals surface area contributed by atoms with Crippen LogP contribution in [-0.2, 0) is 0 Å². The molecule has 4 heterocycles. The molecule has 0 fully saturated rings. The Morgan fingerprint density at radius 2 is 1.08 bits per heavy atom. The highest BCUT2D eigenvalue weighted by atomic mass is 16.5. The van der Waals surface area contributed by atoms with Crippen LogP contribution >= 0.6 is 0 Å². The third-order valence-electron chi connectivity index (χ3n) is 11.5. The van der Waals surface area contributed by atoms with Gasteiger partial charge in [0.05, 0.1) is 11.4 Å². The molecule has 3 aromatic heterocycles. The molecule has 0 radical (unpaired) electrons. The van der Waals surface area contributed by atoms with Crippen LogP contribution in [0.1, 0.15) is 23.2 Å². The number of pyridine rings is 2. The van der Waals surface area contributed by atoms with E-state index in [1.807, 2.05) is 86.8 Å². The molecule has 290 valence electrons. The lowest BCUT2D eigenvalue weighted by atomic mass is 9.89. The molecule has 0 bridgehead atoms. The summed E-state index contributed by atoms with van der Waals surface area (Å²) in [5.74, 6) is 2.67. The van der Waals surface area contributed by atoms with E-state index in [0.717, 1.165) is 100 Å². The van der Waals surface area contributed by atoms with Gasteiger partial charge in [-0.3, -0.25) is 9.97 Å². The average Bonchev–Trinajstić information content (AvgIpc) is 3.77.